The third-order valence-electron chi connectivity index (χ3n) is 3.61. The predicted octanol–water partition coefficient (Wildman–Crippen LogP) is 0.164. The Morgan fingerprint density at radius 3 is 3.00 bits per heavy atom. The number of carbonyl (C=O) groups excluding carboxylic acids is 1. The molecule has 0 aliphatic carbocycles. The molecule has 3 rings (SSSR count). The number of aromatic nitrogens is 3. The average Bonchev–Trinajstić information content (AvgIpc) is 2.95. The highest BCUT2D eigenvalue weighted by Gasteiger charge is 2.19. The van der Waals surface area contributed by atoms with Gasteiger partial charge in [-0.3, -0.25) is 14.3 Å². The van der Waals surface area contributed by atoms with E-state index >= 15 is 0 Å². The molecule has 0 saturated carbocycles. The Morgan fingerprint density at radius 1 is 1.48 bits per heavy atom. The number of hydrogen-bond acceptors (Lipinski definition) is 4. The maximum atomic E-state index is 12.1. The van der Waals surface area contributed by atoms with Gasteiger partial charge in [0.25, 0.3) is 5.56 Å². The second-order valence-corrected chi connectivity index (χ2v) is 5.99. The van der Waals surface area contributed by atoms with Crippen molar-refractivity contribution in [1.82, 2.24) is 24.8 Å². The summed E-state index contributed by atoms with van der Waals surface area (Å²) in [4.78, 5) is 27.7. The van der Waals surface area contributed by atoms with E-state index in [1.165, 1.54) is 10.6 Å². The first-order valence-electron chi connectivity index (χ1n) is 6.79. The highest BCUT2D eigenvalue weighted by molar-refractivity contribution is 9.10. The molecule has 0 radical (unpaired) electrons. The van der Waals surface area contributed by atoms with Crippen LogP contribution in [0.15, 0.2) is 21.5 Å². The van der Waals surface area contributed by atoms with Crippen LogP contribution in [0.4, 0.5) is 0 Å². The lowest BCUT2D eigenvalue weighted by Gasteiger charge is -2.11. The van der Waals surface area contributed by atoms with E-state index in [1.54, 1.807) is 11.7 Å². The van der Waals surface area contributed by atoms with E-state index in [9.17, 15) is 9.59 Å². The molecule has 0 unspecified atom stereocenters. The summed E-state index contributed by atoms with van der Waals surface area (Å²) < 4.78 is 4.01. The van der Waals surface area contributed by atoms with Gasteiger partial charge in [-0.1, -0.05) is 0 Å². The summed E-state index contributed by atoms with van der Waals surface area (Å²) in [6.45, 7) is 1.19. The zero-order chi connectivity index (χ0) is 15.0. The summed E-state index contributed by atoms with van der Waals surface area (Å²) in [5.41, 5.74) is 1.20. The predicted molar refractivity (Wildman–Crippen MR) is 81.0 cm³/mol. The number of hydrogen-bond donors (Lipinski definition) is 2. The summed E-state index contributed by atoms with van der Waals surface area (Å²) in [5, 5.41) is 6.13. The number of aryl methyl sites for hydroxylation is 1. The fraction of sp³-hybridized carbons (Fsp3) is 0.462. The van der Waals surface area contributed by atoms with Gasteiger partial charge in [-0.25, -0.2) is 4.98 Å². The minimum atomic E-state index is -0.112. The maximum Gasteiger partial charge on any atom is 0.273 e. The van der Waals surface area contributed by atoms with E-state index < -0.39 is 0 Å². The van der Waals surface area contributed by atoms with Gasteiger partial charge >= 0.3 is 0 Å². The molecule has 0 spiro atoms. The molecule has 112 valence electrons. The molecule has 0 bridgehead atoms. The Hall–Kier alpha value is -1.67. The van der Waals surface area contributed by atoms with Crippen molar-refractivity contribution in [3.8, 4) is 0 Å². The fourth-order valence-electron chi connectivity index (χ4n) is 2.53. The molecule has 3 heterocycles. The lowest BCUT2D eigenvalue weighted by Crippen LogP contribution is -2.35. The Bertz CT molecular complexity index is 751. The molecule has 2 aromatic rings. The first-order chi connectivity index (χ1) is 10.0. The van der Waals surface area contributed by atoms with Crippen molar-refractivity contribution < 1.29 is 4.79 Å². The molecule has 1 aliphatic heterocycles. The molecule has 1 aliphatic rings. The van der Waals surface area contributed by atoms with Crippen LogP contribution in [0.1, 0.15) is 18.5 Å². The zero-order valence-electron chi connectivity index (χ0n) is 11.6. The molecule has 21 heavy (non-hydrogen) atoms. The second-order valence-electron chi connectivity index (χ2n) is 5.18. The highest BCUT2D eigenvalue weighted by Crippen LogP contribution is 2.12. The van der Waals surface area contributed by atoms with Gasteiger partial charge in [0.15, 0.2) is 5.65 Å². The van der Waals surface area contributed by atoms with Crippen molar-refractivity contribution in [2.75, 3.05) is 6.54 Å². The Morgan fingerprint density at radius 2 is 2.29 bits per heavy atom. The molecule has 1 fully saturated rings. The third-order valence-corrected chi connectivity index (χ3v) is 4.36. The smallest absolute Gasteiger partial charge is 0.273 e. The van der Waals surface area contributed by atoms with Crippen molar-refractivity contribution in [2.24, 2.45) is 7.05 Å². The van der Waals surface area contributed by atoms with Crippen LogP contribution in [0.3, 0.4) is 0 Å². The number of halogens is 1. The lowest BCUT2D eigenvalue weighted by molar-refractivity contribution is -0.119. The van der Waals surface area contributed by atoms with E-state index in [4.69, 9.17) is 0 Å². The molecule has 8 heteroatoms. The highest BCUT2D eigenvalue weighted by atomic mass is 79.9. The van der Waals surface area contributed by atoms with Crippen LogP contribution in [0.5, 0.6) is 0 Å². The molecule has 1 saturated heterocycles. The minimum Gasteiger partial charge on any atom is -0.352 e. The van der Waals surface area contributed by atoms with E-state index in [-0.39, 0.29) is 17.5 Å². The molecule has 0 aromatic carbocycles. The van der Waals surface area contributed by atoms with Crippen molar-refractivity contribution in [2.45, 2.75) is 25.4 Å². The van der Waals surface area contributed by atoms with Crippen LogP contribution in [0.25, 0.3) is 5.65 Å². The number of carbonyl (C=O) groups is 1. The molecule has 2 aromatic heterocycles. The topological polar surface area (TPSA) is 80.4 Å². The molecule has 2 N–H and O–H groups in total. The number of nitrogens with one attached hydrogen (secondary N) is 2. The third kappa shape index (κ3) is 2.86. The quantitative estimate of drug-likeness (QED) is 0.820. The van der Waals surface area contributed by atoms with Crippen molar-refractivity contribution in [1.29, 1.82) is 0 Å². The van der Waals surface area contributed by atoms with Crippen molar-refractivity contribution in [3.63, 3.8) is 0 Å². The maximum absolute atomic E-state index is 12.1. The SMILES string of the molecule is Cn1c(Br)cc2nc(CNC[C@@H]3CCC(=O)N3)cc(=O)n21. The van der Waals surface area contributed by atoms with Gasteiger partial charge in [-0.15, -0.1) is 0 Å². The van der Waals surface area contributed by atoms with Crippen molar-refractivity contribution >= 4 is 27.5 Å². The summed E-state index contributed by atoms with van der Waals surface area (Å²) in [6, 6.07) is 3.51. The van der Waals surface area contributed by atoms with Gasteiger partial charge in [0.05, 0.1) is 5.69 Å². The molecular formula is C13H16BrN5O2. The monoisotopic (exact) mass is 353 g/mol. The van der Waals surface area contributed by atoms with Crippen molar-refractivity contribution in [3.05, 3.63) is 32.8 Å². The van der Waals surface area contributed by atoms with Gasteiger partial charge in [0.2, 0.25) is 5.91 Å². The fourth-order valence-corrected chi connectivity index (χ4v) is 2.89. The minimum absolute atomic E-state index is 0.105. The van der Waals surface area contributed by atoms with Gasteiger partial charge in [-0.2, -0.15) is 4.52 Å². The second kappa shape index (κ2) is 5.61. The molecule has 7 nitrogen and oxygen atoms in total. The average molecular weight is 354 g/mol. The van der Waals surface area contributed by atoms with Gasteiger partial charge < -0.3 is 10.6 Å². The molecular weight excluding hydrogens is 338 g/mol. The van der Waals surface area contributed by atoms with Crippen LogP contribution in [0.2, 0.25) is 0 Å². The van der Waals surface area contributed by atoms with Crippen LogP contribution < -0.4 is 16.2 Å². The van der Waals surface area contributed by atoms with Gasteiger partial charge in [0.1, 0.15) is 4.60 Å². The van der Waals surface area contributed by atoms with E-state index in [0.717, 1.165) is 11.0 Å². The van der Waals surface area contributed by atoms with Gasteiger partial charge in [0, 0.05) is 44.7 Å². The first-order valence-corrected chi connectivity index (χ1v) is 7.58. The standard InChI is InChI=1S/C13H16BrN5O2/c1-18-10(14)5-11-16-9(4-13(21)19(11)18)7-15-6-8-2-3-12(20)17-8/h4-5,8,15H,2-3,6-7H2,1H3,(H,17,20)/t8-/m0/s1. The van der Waals surface area contributed by atoms with Gasteiger partial charge in [-0.05, 0) is 22.4 Å². The summed E-state index contributed by atoms with van der Waals surface area (Å²) in [5.74, 6) is 0.105. The number of nitrogens with zero attached hydrogens (tertiary/aromatic N) is 3. The summed E-state index contributed by atoms with van der Waals surface area (Å²) >= 11 is 3.38. The molecule has 1 amide bonds. The van der Waals surface area contributed by atoms with Crippen LogP contribution in [-0.4, -0.2) is 32.7 Å². The summed E-state index contributed by atoms with van der Waals surface area (Å²) in [7, 11) is 1.79. The van der Waals surface area contributed by atoms with E-state index in [2.05, 4.69) is 31.5 Å². The normalized spacial score (nSPS) is 18.4. The number of rotatable bonds is 4. The van der Waals surface area contributed by atoms with Crippen LogP contribution >= 0.6 is 15.9 Å². The van der Waals surface area contributed by atoms with Crippen LogP contribution in [-0.2, 0) is 18.4 Å². The molecule has 1 atom stereocenters. The Kier molecular flexibility index (Phi) is 3.81. The zero-order valence-corrected chi connectivity index (χ0v) is 13.2. The first kappa shape index (κ1) is 14.3. The Labute approximate surface area is 129 Å². The van der Waals surface area contributed by atoms with Crippen LogP contribution in [0, 0.1) is 0 Å². The lowest BCUT2D eigenvalue weighted by atomic mass is 10.2. The number of amides is 1. The number of fused-ring (bicyclic) bond motifs is 1. The largest absolute Gasteiger partial charge is 0.352 e. The van der Waals surface area contributed by atoms with E-state index in [1.807, 2.05) is 6.07 Å². The van der Waals surface area contributed by atoms with E-state index in [0.29, 0.717) is 30.9 Å². The summed E-state index contributed by atoms with van der Waals surface area (Å²) in [6.07, 6.45) is 1.45. The Balaban J connectivity index is 1.70.